The van der Waals surface area contributed by atoms with Crippen LogP contribution in [0, 0.1) is 5.92 Å². The van der Waals surface area contributed by atoms with Crippen LogP contribution in [0.5, 0.6) is 5.75 Å². The van der Waals surface area contributed by atoms with E-state index in [1.807, 2.05) is 13.8 Å². The maximum absolute atomic E-state index is 14.2. The summed E-state index contributed by atoms with van der Waals surface area (Å²) < 4.78 is 192. The van der Waals surface area contributed by atoms with Crippen molar-refractivity contribution in [3.05, 3.63) is 29.8 Å². The van der Waals surface area contributed by atoms with E-state index < -0.39 is 62.0 Å². The predicted molar refractivity (Wildman–Crippen MR) is 110 cm³/mol. The van der Waals surface area contributed by atoms with Crippen LogP contribution in [0.3, 0.4) is 0 Å². The molecule has 216 valence electrons. The highest BCUT2D eigenvalue weighted by Crippen LogP contribution is 2.51. The average molecular weight is 618 g/mol. The van der Waals surface area contributed by atoms with Crippen LogP contribution in [-0.2, 0) is 30.2 Å². The first-order valence-corrected chi connectivity index (χ1v) is 14.2. The molecular weight excluding hydrogens is 597 g/mol. The molecule has 0 bridgehead atoms. The van der Waals surface area contributed by atoms with Crippen LogP contribution >= 0.6 is 0 Å². The van der Waals surface area contributed by atoms with E-state index in [0.717, 1.165) is 12.1 Å². The second kappa shape index (κ2) is 10.4. The van der Waals surface area contributed by atoms with Crippen molar-refractivity contribution in [1.82, 2.24) is 4.13 Å². The van der Waals surface area contributed by atoms with Crippen molar-refractivity contribution < 1.29 is 69.0 Å². The maximum atomic E-state index is 14.2. The lowest BCUT2D eigenvalue weighted by atomic mass is 9.88. The first kappa shape index (κ1) is 33.2. The van der Waals surface area contributed by atoms with Crippen molar-refractivity contribution in [1.29, 1.82) is 0 Å². The van der Waals surface area contributed by atoms with Gasteiger partial charge in [-0.3, -0.25) is 0 Å². The molecule has 8 nitrogen and oxygen atoms in total. The van der Waals surface area contributed by atoms with Crippen LogP contribution in [0.15, 0.2) is 24.3 Å². The molecule has 0 saturated heterocycles. The van der Waals surface area contributed by atoms with Gasteiger partial charge in [0.1, 0.15) is 5.75 Å². The summed E-state index contributed by atoms with van der Waals surface area (Å²) in [4.78, 5) is 0. The second-order valence-corrected chi connectivity index (χ2v) is 13.2. The Morgan fingerprint density at radius 2 is 1.24 bits per heavy atom. The normalized spacial score (nSPS) is 15.6. The molecule has 37 heavy (non-hydrogen) atoms. The first-order chi connectivity index (χ1) is 16.3. The molecule has 1 atom stereocenters. The van der Waals surface area contributed by atoms with E-state index in [2.05, 4.69) is 4.18 Å². The quantitative estimate of drug-likeness (QED) is 0.270. The summed E-state index contributed by atoms with van der Waals surface area (Å²) in [6.45, 7) is 5.58. The molecule has 0 saturated carbocycles. The molecule has 0 aliphatic carbocycles. The van der Waals surface area contributed by atoms with E-state index in [4.69, 9.17) is 0 Å². The van der Waals surface area contributed by atoms with Gasteiger partial charge >= 0.3 is 42.1 Å². The summed E-state index contributed by atoms with van der Waals surface area (Å²) in [5.74, 6) is -8.51. The van der Waals surface area contributed by atoms with E-state index in [9.17, 15) is 64.8 Å². The van der Waals surface area contributed by atoms with Crippen LogP contribution in [0.4, 0.5) is 39.5 Å². The van der Waals surface area contributed by atoms with Gasteiger partial charge in [-0.05, 0) is 42.4 Å². The lowest BCUT2D eigenvalue weighted by Gasteiger charge is -2.31. The molecule has 0 amide bonds. The molecule has 20 heteroatoms. The molecule has 1 aromatic carbocycles. The Balaban J connectivity index is 3.38. The SMILES string of the molecule is CCC(CC(C)C)c1ccc(OS(=O)(=O)C(F)(F)C(F)(F)C(F)(F)S(=O)(=O)NS(=O)(=O)C(F)(F)F)cc1. The number of hydrogen-bond donors (Lipinski definition) is 1. The third kappa shape index (κ3) is 6.44. The van der Waals surface area contributed by atoms with E-state index in [-0.39, 0.29) is 11.8 Å². The number of nitrogens with one attached hydrogen (secondary N) is 1. The minimum absolute atomic E-state index is 0.0965. The van der Waals surface area contributed by atoms with E-state index >= 15 is 0 Å². The topological polar surface area (TPSA) is 124 Å². The van der Waals surface area contributed by atoms with Crippen LogP contribution < -0.4 is 8.31 Å². The molecule has 0 heterocycles. The summed E-state index contributed by atoms with van der Waals surface area (Å²) in [6.07, 6.45) is 1.23. The van der Waals surface area contributed by atoms with Gasteiger partial charge in [0.05, 0.1) is 0 Å². The Hall–Kier alpha value is -1.80. The zero-order valence-electron chi connectivity index (χ0n) is 18.9. The van der Waals surface area contributed by atoms with Crippen molar-refractivity contribution >= 4 is 30.2 Å². The van der Waals surface area contributed by atoms with Gasteiger partial charge in [-0.25, -0.2) is 16.8 Å². The molecule has 1 rings (SSSR count). The minimum Gasteiger partial charge on any atom is -0.378 e. The van der Waals surface area contributed by atoms with Crippen molar-refractivity contribution in [2.45, 2.75) is 61.5 Å². The van der Waals surface area contributed by atoms with Crippen LogP contribution in [-0.4, -0.2) is 47.2 Å². The van der Waals surface area contributed by atoms with E-state index in [0.29, 0.717) is 18.4 Å². The second-order valence-electron chi connectivity index (χ2n) is 7.99. The monoisotopic (exact) mass is 617 g/mol. The number of benzene rings is 1. The summed E-state index contributed by atoms with van der Waals surface area (Å²) in [5.41, 5.74) is -6.10. The highest BCUT2D eigenvalue weighted by molar-refractivity contribution is 8.05. The van der Waals surface area contributed by atoms with E-state index in [1.54, 1.807) is 6.92 Å². The molecule has 0 aromatic heterocycles. The number of alkyl halides is 9. The molecule has 0 aliphatic heterocycles. The summed E-state index contributed by atoms with van der Waals surface area (Å²) in [5, 5.41) is -14.5. The lowest BCUT2D eigenvalue weighted by molar-refractivity contribution is -0.245. The maximum Gasteiger partial charge on any atom is 0.512 e. The largest absolute Gasteiger partial charge is 0.512 e. The number of hydrogen-bond acceptors (Lipinski definition) is 7. The third-order valence-corrected chi connectivity index (χ3v) is 9.31. The number of sulfonamides is 2. The van der Waals surface area contributed by atoms with Crippen molar-refractivity contribution in [3.63, 3.8) is 0 Å². The van der Waals surface area contributed by atoms with Gasteiger partial charge in [-0.1, -0.05) is 37.0 Å². The molecule has 0 spiro atoms. The molecule has 1 aromatic rings. The number of rotatable bonds is 12. The van der Waals surface area contributed by atoms with Gasteiger partial charge in [0, 0.05) is 0 Å². The Morgan fingerprint density at radius 3 is 1.62 bits per heavy atom. The lowest BCUT2D eigenvalue weighted by Crippen LogP contribution is -2.64. The zero-order chi connectivity index (χ0) is 29.5. The van der Waals surface area contributed by atoms with Gasteiger partial charge in [0.15, 0.2) is 0 Å². The van der Waals surface area contributed by atoms with Gasteiger partial charge in [0.2, 0.25) is 0 Å². The van der Waals surface area contributed by atoms with Gasteiger partial charge in [-0.2, -0.15) is 47.9 Å². The summed E-state index contributed by atoms with van der Waals surface area (Å²) in [6, 6.07) is 3.78. The summed E-state index contributed by atoms with van der Waals surface area (Å²) in [7, 11) is -22.3. The van der Waals surface area contributed by atoms with Crippen molar-refractivity contribution in [3.8, 4) is 5.75 Å². The molecule has 0 radical (unpaired) electrons. The van der Waals surface area contributed by atoms with Crippen molar-refractivity contribution in [2.75, 3.05) is 0 Å². The van der Waals surface area contributed by atoms with Gasteiger partial charge in [-0.15, -0.1) is 0 Å². The van der Waals surface area contributed by atoms with Crippen LogP contribution in [0.25, 0.3) is 0 Å². The highest BCUT2D eigenvalue weighted by atomic mass is 32.3. The van der Waals surface area contributed by atoms with Gasteiger partial charge in [0.25, 0.3) is 10.0 Å². The van der Waals surface area contributed by atoms with Gasteiger partial charge < -0.3 is 4.18 Å². The van der Waals surface area contributed by atoms with Crippen LogP contribution in [0.2, 0.25) is 0 Å². The van der Waals surface area contributed by atoms with E-state index in [1.165, 1.54) is 12.1 Å². The predicted octanol–water partition coefficient (Wildman–Crippen LogP) is 4.52. The highest BCUT2D eigenvalue weighted by Gasteiger charge is 2.83. The fraction of sp³-hybridized carbons (Fsp3) is 0.647. The molecule has 1 N–H and O–H groups in total. The van der Waals surface area contributed by atoms with Crippen molar-refractivity contribution in [2.24, 2.45) is 5.92 Å². The third-order valence-electron chi connectivity index (χ3n) is 4.71. The summed E-state index contributed by atoms with van der Waals surface area (Å²) >= 11 is 0. The zero-order valence-corrected chi connectivity index (χ0v) is 21.3. The Morgan fingerprint density at radius 1 is 0.784 bits per heavy atom. The molecule has 1 unspecified atom stereocenters. The fourth-order valence-corrected chi connectivity index (χ4v) is 6.21. The molecular formula is C17H20F9NO7S3. The molecule has 0 aliphatic rings. The smallest absolute Gasteiger partial charge is 0.378 e. The number of halogens is 9. The Bertz CT molecular complexity index is 1280. The fourth-order valence-electron chi connectivity index (χ4n) is 2.82. The Kier molecular flexibility index (Phi) is 9.34. The average Bonchev–Trinajstić information content (AvgIpc) is 2.70. The Labute approximate surface area is 206 Å². The first-order valence-electron chi connectivity index (χ1n) is 9.79. The van der Waals surface area contributed by atoms with Crippen LogP contribution in [0.1, 0.15) is 45.1 Å². The molecule has 0 fully saturated rings. The standard InChI is InChI=1S/C17H20F9NO7S3/c1-4-11(9-10(2)3)12-5-7-13(8-6-12)34-37(32,33)16(22,23)14(18,19)15(20,21)35(28,29)27-36(30,31)17(24,25)26/h5-8,10-11,27H,4,9H2,1-3H3. The minimum atomic E-state index is -7.84.